The molecule has 1 aliphatic heterocycles. The van der Waals surface area contributed by atoms with E-state index in [2.05, 4.69) is 10.1 Å². The molecule has 0 saturated heterocycles. The molecule has 3 rings (SSSR count). The minimum atomic E-state index is -4.15. The average molecular weight is 446 g/mol. The summed E-state index contributed by atoms with van der Waals surface area (Å²) in [6.07, 6.45) is 0. The summed E-state index contributed by atoms with van der Waals surface area (Å²) >= 11 is 0. The van der Waals surface area contributed by atoms with Gasteiger partial charge in [0, 0.05) is 24.4 Å². The standard InChI is InChI=1S/C21H22N2O7S/c1-12-15-10-17(28-3)18(29-4)11-16(15)23(2)31(26,27)19(12)20(24)22-14-8-6-7-13(9-14)21(25)30-5/h6-11H,1-5H3,(H,22,24). The Morgan fingerprint density at radius 1 is 1.00 bits per heavy atom. The second kappa shape index (κ2) is 8.31. The van der Waals surface area contributed by atoms with Gasteiger partial charge in [0.2, 0.25) is 0 Å². The van der Waals surface area contributed by atoms with Crippen LogP contribution in [0.1, 0.15) is 22.8 Å². The second-order valence-corrected chi connectivity index (χ2v) is 8.58. The van der Waals surface area contributed by atoms with Crippen LogP contribution in [0.15, 0.2) is 41.3 Å². The summed E-state index contributed by atoms with van der Waals surface area (Å²) in [7, 11) is 1.37. The fourth-order valence-corrected chi connectivity index (χ4v) is 4.79. The number of ether oxygens (including phenoxy) is 3. The molecular formula is C21H22N2O7S. The molecule has 0 atom stereocenters. The van der Waals surface area contributed by atoms with Gasteiger partial charge in [0.15, 0.2) is 16.4 Å². The predicted octanol–water partition coefficient (Wildman–Crippen LogP) is 2.64. The molecule has 31 heavy (non-hydrogen) atoms. The number of hydrogen-bond donors (Lipinski definition) is 1. The Labute approximate surface area is 180 Å². The number of nitrogens with zero attached hydrogens (tertiary/aromatic N) is 1. The van der Waals surface area contributed by atoms with E-state index in [4.69, 9.17) is 9.47 Å². The van der Waals surface area contributed by atoms with Gasteiger partial charge in [-0.1, -0.05) is 6.07 Å². The molecule has 1 aliphatic rings. The Balaban J connectivity index is 2.09. The summed E-state index contributed by atoms with van der Waals surface area (Å²) in [5, 5.41) is 2.55. The van der Waals surface area contributed by atoms with Crippen LogP contribution in [0.2, 0.25) is 0 Å². The van der Waals surface area contributed by atoms with E-state index >= 15 is 0 Å². The Hall–Kier alpha value is -3.53. The number of allylic oxidation sites excluding steroid dienone is 1. The fraction of sp³-hybridized carbons (Fsp3) is 0.238. The SMILES string of the molecule is COC(=O)c1cccc(NC(=O)C2=C(C)c3cc(OC)c(OC)cc3N(C)S2(=O)=O)c1. The van der Waals surface area contributed by atoms with Crippen molar-refractivity contribution in [1.82, 2.24) is 0 Å². The number of esters is 1. The van der Waals surface area contributed by atoms with Gasteiger partial charge in [0.25, 0.3) is 15.9 Å². The number of rotatable bonds is 5. The molecule has 0 aromatic heterocycles. The van der Waals surface area contributed by atoms with Gasteiger partial charge in [-0.3, -0.25) is 9.10 Å². The molecule has 0 spiro atoms. The molecule has 10 heteroatoms. The lowest BCUT2D eigenvalue weighted by Crippen LogP contribution is -2.36. The molecule has 1 heterocycles. The maximum atomic E-state index is 13.2. The van der Waals surface area contributed by atoms with Crippen LogP contribution in [0.5, 0.6) is 11.5 Å². The summed E-state index contributed by atoms with van der Waals surface area (Å²) < 4.78 is 42.6. The third-order valence-electron chi connectivity index (χ3n) is 4.95. The molecule has 0 radical (unpaired) electrons. The van der Waals surface area contributed by atoms with Crippen LogP contribution in [-0.4, -0.2) is 48.7 Å². The largest absolute Gasteiger partial charge is 0.493 e. The fourth-order valence-electron chi connectivity index (χ4n) is 3.33. The lowest BCUT2D eigenvalue weighted by molar-refractivity contribution is -0.112. The molecule has 2 aromatic rings. The first-order valence-electron chi connectivity index (χ1n) is 9.11. The molecule has 1 amide bonds. The first kappa shape index (κ1) is 22.2. The highest BCUT2D eigenvalue weighted by Crippen LogP contribution is 2.44. The second-order valence-electron chi connectivity index (χ2n) is 6.68. The lowest BCUT2D eigenvalue weighted by atomic mass is 10.0. The molecule has 9 nitrogen and oxygen atoms in total. The monoisotopic (exact) mass is 446 g/mol. The van der Waals surface area contributed by atoms with E-state index in [0.717, 1.165) is 4.31 Å². The third kappa shape index (κ3) is 3.81. The highest BCUT2D eigenvalue weighted by atomic mass is 32.2. The van der Waals surface area contributed by atoms with E-state index in [0.29, 0.717) is 22.7 Å². The minimum absolute atomic E-state index is 0.219. The average Bonchev–Trinajstić information content (AvgIpc) is 2.76. The van der Waals surface area contributed by atoms with Crippen LogP contribution in [0.25, 0.3) is 5.57 Å². The van der Waals surface area contributed by atoms with Gasteiger partial charge in [-0.25, -0.2) is 13.2 Å². The van der Waals surface area contributed by atoms with E-state index in [1.807, 2.05) is 0 Å². The normalized spacial score (nSPS) is 14.5. The van der Waals surface area contributed by atoms with Crippen LogP contribution in [0.3, 0.4) is 0 Å². The molecule has 0 bridgehead atoms. The van der Waals surface area contributed by atoms with Crippen LogP contribution < -0.4 is 19.1 Å². The summed E-state index contributed by atoms with van der Waals surface area (Å²) in [5.74, 6) is -0.638. The maximum absolute atomic E-state index is 13.2. The zero-order chi connectivity index (χ0) is 22.9. The number of amides is 1. The Bertz CT molecular complexity index is 1200. The highest BCUT2D eigenvalue weighted by Gasteiger charge is 2.38. The molecule has 0 unspecified atom stereocenters. The summed E-state index contributed by atoms with van der Waals surface area (Å²) in [4.78, 5) is 24.4. The number of carbonyl (C=O) groups is 2. The summed E-state index contributed by atoms with van der Waals surface area (Å²) in [5.41, 5.74) is 1.61. The predicted molar refractivity (Wildman–Crippen MR) is 116 cm³/mol. The van der Waals surface area contributed by atoms with Gasteiger partial charge in [0.05, 0.1) is 32.6 Å². The molecular weight excluding hydrogens is 424 g/mol. The number of methoxy groups -OCH3 is 3. The molecule has 0 saturated carbocycles. The highest BCUT2D eigenvalue weighted by molar-refractivity contribution is 7.97. The van der Waals surface area contributed by atoms with Crippen LogP contribution >= 0.6 is 0 Å². The Morgan fingerprint density at radius 2 is 1.65 bits per heavy atom. The number of benzene rings is 2. The molecule has 0 fully saturated rings. The van der Waals surface area contributed by atoms with Crippen molar-refractivity contribution < 1.29 is 32.2 Å². The van der Waals surface area contributed by atoms with Crippen molar-refractivity contribution in [3.63, 3.8) is 0 Å². The smallest absolute Gasteiger partial charge is 0.337 e. The van der Waals surface area contributed by atoms with Gasteiger partial charge < -0.3 is 19.5 Å². The quantitative estimate of drug-likeness (QED) is 0.703. The Kier molecular flexibility index (Phi) is 5.94. The van der Waals surface area contributed by atoms with Gasteiger partial charge in [-0.2, -0.15) is 0 Å². The zero-order valence-corrected chi connectivity index (χ0v) is 18.5. The lowest BCUT2D eigenvalue weighted by Gasteiger charge is -2.30. The molecule has 1 N–H and O–H groups in total. The number of sulfonamides is 1. The minimum Gasteiger partial charge on any atom is -0.493 e. The Morgan fingerprint density at radius 3 is 2.26 bits per heavy atom. The van der Waals surface area contributed by atoms with E-state index in [1.165, 1.54) is 40.5 Å². The van der Waals surface area contributed by atoms with Crippen molar-refractivity contribution in [2.45, 2.75) is 6.92 Å². The van der Waals surface area contributed by atoms with E-state index in [-0.39, 0.29) is 16.8 Å². The van der Waals surface area contributed by atoms with Crippen molar-refractivity contribution in [3.05, 3.63) is 52.4 Å². The van der Waals surface area contributed by atoms with Crippen LogP contribution in [0, 0.1) is 0 Å². The van der Waals surface area contributed by atoms with Crippen LogP contribution in [-0.2, 0) is 19.6 Å². The maximum Gasteiger partial charge on any atom is 0.337 e. The number of carbonyl (C=O) groups excluding carboxylic acids is 2. The summed E-state index contributed by atoms with van der Waals surface area (Å²) in [6.45, 7) is 1.55. The topological polar surface area (TPSA) is 111 Å². The van der Waals surface area contributed by atoms with Crippen molar-refractivity contribution >= 4 is 38.8 Å². The number of anilines is 2. The third-order valence-corrected chi connectivity index (χ3v) is 6.88. The molecule has 2 aromatic carbocycles. The van der Waals surface area contributed by atoms with E-state index in [9.17, 15) is 18.0 Å². The number of nitrogens with one attached hydrogen (secondary N) is 1. The van der Waals surface area contributed by atoms with Crippen molar-refractivity contribution in [1.29, 1.82) is 0 Å². The first-order chi connectivity index (χ1) is 14.6. The van der Waals surface area contributed by atoms with Gasteiger partial charge in [-0.05, 0) is 36.8 Å². The van der Waals surface area contributed by atoms with Crippen molar-refractivity contribution in [2.75, 3.05) is 38.0 Å². The van der Waals surface area contributed by atoms with E-state index in [1.54, 1.807) is 31.2 Å². The first-order valence-corrected chi connectivity index (χ1v) is 10.6. The molecule has 164 valence electrons. The van der Waals surface area contributed by atoms with Gasteiger partial charge in [0.1, 0.15) is 0 Å². The summed E-state index contributed by atoms with van der Waals surface area (Å²) in [6, 6.07) is 9.19. The number of hydrogen-bond acceptors (Lipinski definition) is 7. The van der Waals surface area contributed by atoms with Crippen molar-refractivity contribution in [2.24, 2.45) is 0 Å². The van der Waals surface area contributed by atoms with Gasteiger partial charge >= 0.3 is 5.97 Å². The molecule has 0 aliphatic carbocycles. The van der Waals surface area contributed by atoms with Crippen LogP contribution in [0.4, 0.5) is 11.4 Å². The van der Waals surface area contributed by atoms with Gasteiger partial charge in [-0.15, -0.1) is 0 Å². The number of fused-ring (bicyclic) bond motifs is 1. The zero-order valence-electron chi connectivity index (χ0n) is 17.7. The van der Waals surface area contributed by atoms with E-state index < -0.39 is 26.8 Å². The van der Waals surface area contributed by atoms with Crippen molar-refractivity contribution in [3.8, 4) is 11.5 Å².